The van der Waals surface area contributed by atoms with Gasteiger partial charge in [-0.2, -0.15) is 5.26 Å². The summed E-state index contributed by atoms with van der Waals surface area (Å²) < 4.78 is 4.88. The summed E-state index contributed by atoms with van der Waals surface area (Å²) in [4.78, 5) is 11.5. The van der Waals surface area contributed by atoms with Crippen molar-refractivity contribution >= 4 is 5.97 Å². The molecule has 3 heteroatoms. The third kappa shape index (κ3) is 2.82. The van der Waals surface area contributed by atoms with Crippen molar-refractivity contribution in [3.63, 3.8) is 0 Å². The van der Waals surface area contributed by atoms with Gasteiger partial charge in [0.2, 0.25) is 0 Å². The number of nitriles is 1. The quantitative estimate of drug-likeness (QED) is 0.397. The van der Waals surface area contributed by atoms with Crippen LogP contribution in [0.5, 0.6) is 0 Å². The van der Waals surface area contributed by atoms with Crippen molar-refractivity contribution in [2.45, 2.75) is 39.5 Å². The number of esters is 1. The molecule has 1 aliphatic carbocycles. The first-order valence-corrected chi connectivity index (χ1v) is 5.51. The lowest BCUT2D eigenvalue weighted by atomic mass is 9.83. The molecule has 0 heterocycles. The molecule has 1 rings (SSSR count). The molecule has 0 aromatic carbocycles. The van der Waals surface area contributed by atoms with Crippen LogP contribution in [0.1, 0.15) is 39.5 Å². The Hall–Kier alpha value is -1.30. The summed E-state index contributed by atoms with van der Waals surface area (Å²) in [7, 11) is 0. The standard InChI is InChI=1S/C12H17NO2/c1-3-15-12(14)11(8-13)10-7-5-4-6-9(10)2/h9H,3-7H2,1-2H3/b11-10+. The molecular formula is C12H17NO2. The van der Waals surface area contributed by atoms with Gasteiger partial charge in [0, 0.05) is 0 Å². The van der Waals surface area contributed by atoms with Gasteiger partial charge >= 0.3 is 5.97 Å². The topological polar surface area (TPSA) is 50.1 Å². The van der Waals surface area contributed by atoms with Gasteiger partial charge in [-0.1, -0.05) is 13.3 Å². The van der Waals surface area contributed by atoms with Crippen LogP contribution in [0.4, 0.5) is 0 Å². The number of nitrogens with zero attached hydrogens (tertiary/aromatic N) is 1. The molecule has 1 aliphatic rings. The predicted molar refractivity (Wildman–Crippen MR) is 56.9 cm³/mol. The second-order valence-corrected chi connectivity index (χ2v) is 3.88. The molecule has 1 unspecified atom stereocenters. The third-order valence-electron chi connectivity index (χ3n) is 2.84. The lowest BCUT2D eigenvalue weighted by Crippen LogP contribution is -2.15. The highest BCUT2D eigenvalue weighted by Gasteiger charge is 2.23. The summed E-state index contributed by atoms with van der Waals surface area (Å²) >= 11 is 0. The molecule has 0 bridgehead atoms. The molecule has 0 aromatic rings. The van der Waals surface area contributed by atoms with Gasteiger partial charge in [0.05, 0.1) is 6.61 Å². The van der Waals surface area contributed by atoms with Gasteiger partial charge in [-0.25, -0.2) is 4.79 Å². The van der Waals surface area contributed by atoms with Gasteiger partial charge in [0.15, 0.2) is 0 Å². The van der Waals surface area contributed by atoms with Crippen LogP contribution in [-0.2, 0) is 9.53 Å². The summed E-state index contributed by atoms with van der Waals surface area (Å²) in [5.74, 6) is -0.110. The van der Waals surface area contributed by atoms with Crippen LogP contribution in [0.25, 0.3) is 0 Å². The lowest BCUT2D eigenvalue weighted by Gasteiger charge is -2.22. The number of carbonyl (C=O) groups is 1. The van der Waals surface area contributed by atoms with E-state index >= 15 is 0 Å². The van der Waals surface area contributed by atoms with Crippen molar-refractivity contribution in [3.8, 4) is 6.07 Å². The summed E-state index contributed by atoms with van der Waals surface area (Å²) in [6.07, 6.45) is 4.19. The van der Waals surface area contributed by atoms with E-state index in [1.54, 1.807) is 6.92 Å². The van der Waals surface area contributed by atoms with Crippen LogP contribution >= 0.6 is 0 Å². The summed E-state index contributed by atoms with van der Waals surface area (Å²) in [6, 6.07) is 1.99. The van der Waals surface area contributed by atoms with E-state index < -0.39 is 5.97 Å². The van der Waals surface area contributed by atoms with Gasteiger partial charge < -0.3 is 4.74 Å². The first-order valence-electron chi connectivity index (χ1n) is 5.51. The van der Waals surface area contributed by atoms with Crippen LogP contribution < -0.4 is 0 Å². The molecule has 1 saturated carbocycles. The van der Waals surface area contributed by atoms with Crippen molar-refractivity contribution < 1.29 is 9.53 Å². The highest BCUT2D eigenvalue weighted by molar-refractivity contribution is 5.93. The summed E-state index contributed by atoms with van der Waals surface area (Å²) in [5, 5.41) is 8.98. The molecule has 0 amide bonds. The maximum atomic E-state index is 11.5. The molecule has 0 aliphatic heterocycles. The van der Waals surface area contributed by atoms with E-state index in [0.717, 1.165) is 24.8 Å². The zero-order valence-corrected chi connectivity index (χ0v) is 9.38. The van der Waals surface area contributed by atoms with Crippen LogP contribution in [-0.4, -0.2) is 12.6 Å². The SMILES string of the molecule is CCOC(=O)/C(C#N)=C1\CCCCC1C. The number of allylic oxidation sites excluding steroid dienone is 1. The minimum Gasteiger partial charge on any atom is -0.462 e. The number of hydrogen-bond donors (Lipinski definition) is 0. The Balaban J connectivity index is 2.91. The second-order valence-electron chi connectivity index (χ2n) is 3.88. The fourth-order valence-corrected chi connectivity index (χ4v) is 2.01. The van der Waals surface area contributed by atoms with E-state index in [2.05, 4.69) is 6.92 Å². The van der Waals surface area contributed by atoms with Gasteiger partial charge in [-0.15, -0.1) is 0 Å². The molecule has 3 nitrogen and oxygen atoms in total. The molecule has 0 spiro atoms. The normalized spacial score (nSPS) is 24.2. The second kappa shape index (κ2) is 5.55. The molecule has 1 atom stereocenters. The van der Waals surface area contributed by atoms with E-state index in [0.29, 0.717) is 12.5 Å². The van der Waals surface area contributed by atoms with E-state index in [9.17, 15) is 4.79 Å². The molecule has 15 heavy (non-hydrogen) atoms. The van der Waals surface area contributed by atoms with Gasteiger partial charge in [-0.05, 0) is 37.7 Å². The predicted octanol–water partition coefficient (Wildman–Crippen LogP) is 2.58. The van der Waals surface area contributed by atoms with E-state index in [-0.39, 0.29) is 5.57 Å². The molecule has 1 fully saturated rings. The fraction of sp³-hybridized carbons (Fsp3) is 0.667. The molecule has 82 valence electrons. The first kappa shape index (κ1) is 11.8. The molecular weight excluding hydrogens is 190 g/mol. The molecule has 0 radical (unpaired) electrons. The number of carbonyl (C=O) groups excluding carboxylic acids is 1. The lowest BCUT2D eigenvalue weighted by molar-refractivity contribution is -0.138. The minimum absolute atomic E-state index is 0.240. The number of hydrogen-bond acceptors (Lipinski definition) is 3. The van der Waals surface area contributed by atoms with E-state index in [4.69, 9.17) is 10.00 Å². The van der Waals surface area contributed by atoms with Crippen LogP contribution in [0, 0.1) is 17.2 Å². The third-order valence-corrected chi connectivity index (χ3v) is 2.84. The maximum absolute atomic E-state index is 11.5. The van der Waals surface area contributed by atoms with Gasteiger partial charge in [-0.3, -0.25) is 0 Å². The van der Waals surface area contributed by atoms with Crippen LogP contribution in [0.2, 0.25) is 0 Å². The van der Waals surface area contributed by atoms with Crippen molar-refractivity contribution in [3.05, 3.63) is 11.1 Å². The van der Waals surface area contributed by atoms with E-state index in [1.165, 1.54) is 6.42 Å². The highest BCUT2D eigenvalue weighted by Crippen LogP contribution is 2.31. The zero-order chi connectivity index (χ0) is 11.3. The van der Waals surface area contributed by atoms with Gasteiger partial charge in [0.25, 0.3) is 0 Å². The van der Waals surface area contributed by atoms with Crippen LogP contribution in [0.3, 0.4) is 0 Å². The Morgan fingerprint density at radius 3 is 2.87 bits per heavy atom. The van der Waals surface area contributed by atoms with Crippen molar-refractivity contribution in [2.24, 2.45) is 5.92 Å². The Morgan fingerprint density at radius 2 is 2.33 bits per heavy atom. The van der Waals surface area contributed by atoms with Crippen molar-refractivity contribution in [2.75, 3.05) is 6.61 Å². The highest BCUT2D eigenvalue weighted by atomic mass is 16.5. The molecule has 0 saturated heterocycles. The Morgan fingerprint density at radius 1 is 1.60 bits per heavy atom. The fourth-order valence-electron chi connectivity index (χ4n) is 2.01. The van der Waals surface area contributed by atoms with E-state index in [1.807, 2.05) is 6.07 Å². The Labute approximate surface area is 90.7 Å². The Kier molecular flexibility index (Phi) is 4.36. The van der Waals surface area contributed by atoms with Gasteiger partial charge in [0.1, 0.15) is 11.6 Å². The smallest absolute Gasteiger partial charge is 0.348 e. The first-order chi connectivity index (χ1) is 7.20. The largest absolute Gasteiger partial charge is 0.462 e. The average molecular weight is 207 g/mol. The Bertz CT molecular complexity index is 312. The average Bonchev–Trinajstić information content (AvgIpc) is 2.22. The van der Waals surface area contributed by atoms with Crippen LogP contribution in [0.15, 0.2) is 11.1 Å². The minimum atomic E-state index is -0.455. The van der Waals surface area contributed by atoms with Crippen molar-refractivity contribution in [1.82, 2.24) is 0 Å². The molecule has 0 aromatic heterocycles. The van der Waals surface area contributed by atoms with Crippen molar-refractivity contribution in [1.29, 1.82) is 5.26 Å². The number of rotatable bonds is 2. The zero-order valence-electron chi connectivity index (χ0n) is 9.38. The monoisotopic (exact) mass is 207 g/mol. The maximum Gasteiger partial charge on any atom is 0.348 e. The number of ether oxygens (including phenoxy) is 1. The summed E-state index contributed by atoms with van der Waals surface area (Å²) in [5.41, 5.74) is 1.23. The molecule has 0 N–H and O–H groups in total. The summed E-state index contributed by atoms with van der Waals surface area (Å²) in [6.45, 7) is 4.15.